The quantitative estimate of drug-likeness (QED) is 0.221. The summed E-state index contributed by atoms with van der Waals surface area (Å²) in [5.74, 6) is 0.319. The van der Waals surface area contributed by atoms with Crippen molar-refractivity contribution < 1.29 is 5.11 Å². The second-order valence-corrected chi connectivity index (χ2v) is 8.67. The fraction of sp³-hybridized carbons (Fsp3) is 0.345. The number of benzene rings is 3. The lowest BCUT2D eigenvalue weighted by Gasteiger charge is -2.33. The van der Waals surface area contributed by atoms with Crippen LogP contribution in [-0.2, 0) is 5.41 Å². The molecule has 1 atom stereocenters. The summed E-state index contributed by atoms with van der Waals surface area (Å²) in [5.41, 5.74) is 4.57. The molecule has 0 fully saturated rings. The third kappa shape index (κ3) is 5.07. The molecule has 0 spiro atoms. The monoisotopic (exact) mass is 413 g/mol. The van der Waals surface area contributed by atoms with Gasteiger partial charge in [-0.25, -0.2) is 0 Å². The van der Waals surface area contributed by atoms with Gasteiger partial charge in [0.25, 0.3) is 0 Å². The maximum absolute atomic E-state index is 11.5. The van der Waals surface area contributed by atoms with Crippen molar-refractivity contribution in [2.75, 3.05) is 0 Å². The van der Waals surface area contributed by atoms with Gasteiger partial charge in [0.15, 0.2) is 0 Å². The predicted molar refractivity (Wildman–Crippen MR) is 132 cm³/mol. The maximum atomic E-state index is 11.5. The van der Waals surface area contributed by atoms with Crippen LogP contribution in [0.3, 0.4) is 0 Å². The van der Waals surface area contributed by atoms with Crippen molar-refractivity contribution in [3.05, 3.63) is 101 Å². The van der Waals surface area contributed by atoms with E-state index in [2.05, 4.69) is 81.4 Å². The predicted octanol–water partition coefficient (Wildman–Crippen LogP) is 7.44. The molecular formula is C29H35NO. The van der Waals surface area contributed by atoms with E-state index in [4.69, 9.17) is 4.99 Å². The first-order valence-electron chi connectivity index (χ1n) is 11.5. The van der Waals surface area contributed by atoms with Gasteiger partial charge >= 0.3 is 0 Å². The van der Waals surface area contributed by atoms with E-state index in [0.717, 1.165) is 34.2 Å². The lowest BCUT2D eigenvalue weighted by atomic mass is 9.70. The van der Waals surface area contributed by atoms with Crippen LogP contribution in [0.1, 0.15) is 74.3 Å². The van der Waals surface area contributed by atoms with Crippen molar-refractivity contribution in [3.8, 4) is 5.75 Å². The van der Waals surface area contributed by atoms with Gasteiger partial charge in [0.05, 0.1) is 0 Å². The number of unbranched alkanes of at least 4 members (excludes halogenated alkanes) is 2. The summed E-state index contributed by atoms with van der Waals surface area (Å²) in [5, 5.41) is 11.5. The molecule has 0 aliphatic heterocycles. The van der Waals surface area contributed by atoms with Gasteiger partial charge in [-0.2, -0.15) is 0 Å². The van der Waals surface area contributed by atoms with Crippen LogP contribution in [0.5, 0.6) is 5.75 Å². The second-order valence-electron chi connectivity index (χ2n) is 8.67. The summed E-state index contributed by atoms with van der Waals surface area (Å²) >= 11 is 0. The van der Waals surface area contributed by atoms with Crippen LogP contribution in [0.15, 0.2) is 77.8 Å². The molecule has 0 aliphatic carbocycles. The van der Waals surface area contributed by atoms with Gasteiger partial charge in [0, 0.05) is 28.8 Å². The Bertz CT molecular complexity index is 953. The van der Waals surface area contributed by atoms with Crippen molar-refractivity contribution in [1.82, 2.24) is 0 Å². The summed E-state index contributed by atoms with van der Waals surface area (Å²) in [6, 6.07) is 25.2. The topological polar surface area (TPSA) is 32.6 Å². The summed E-state index contributed by atoms with van der Waals surface area (Å²) in [7, 11) is 0. The molecule has 3 aromatic rings. The highest BCUT2D eigenvalue weighted by Crippen LogP contribution is 2.44. The number of hydrogen-bond acceptors (Lipinski definition) is 2. The molecule has 162 valence electrons. The standard InChI is InChI=1S/C29H35NO/c1-5-6-9-14-23(3)30-21-26-22(2)19-20-27(28(26)31)29(4,24-15-10-7-11-16-24)25-17-12-8-13-18-25/h7-8,10-13,15-21,23,31H,5-6,9,14H2,1-4H3. The van der Waals surface area contributed by atoms with E-state index in [0.29, 0.717) is 5.75 Å². The molecule has 3 aromatic carbocycles. The van der Waals surface area contributed by atoms with E-state index in [-0.39, 0.29) is 6.04 Å². The number of nitrogens with zero attached hydrogens (tertiary/aromatic N) is 1. The second kappa shape index (κ2) is 10.4. The zero-order valence-electron chi connectivity index (χ0n) is 19.3. The Hall–Kier alpha value is -2.87. The van der Waals surface area contributed by atoms with E-state index >= 15 is 0 Å². The first-order valence-corrected chi connectivity index (χ1v) is 11.5. The highest BCUT2D eigenvalue weighted by atomic mass is 16.3. The Morgan fingerprint density at radius 2 is 1.48 bits per heavy atom. The minimum Gasteiger partial charge on any atom is -0.507 e. The highest BCUT2D eigenvalue weighted by Gasteiger charge is 2.34. The summed E-state index contributed by atoms with van der Waals surface area (Å²) in [6.07, 6.45) is 6.61. The molecule has 1 unspecified atom stereocenters. The fourth-order valence-corrected chi connectivity index (χ4v) is 4.26. The first kappa shape index (κ1) is 22.8. The van der Waals surface area contributed by atoms with Crippen molar-refractivity contribution in [2.24, 2.45) is 4.99 Å². The largest absolute Gasteiger partial charge is 0.507 e. The number of aliphatic imine (C=N–C) groups is 1. The van der Waals surface area contributed by atoms with Gasteiger partial charge < -0.3 is 5.11 Å². The molecule has 0 amide bonds. The minimum atomic E-state index is -0.477. The number of aryl methyl sites for hydroxylation is 1. The Morgan fingerprint density at radius 1 is 0.903 bits per heavy atom. The zero-order chi connectivity index (χ0) is 22.3. The molecular weight excluding hydrogens is 378 g/mol. The molecule has 3 rings (SSSR count). The molecule has 0 aromatic heterocycles. The number of hydrogen-bond donors (Lipinski definition) is 1. The fourth-order valence-electron chi connectivity index (χ4n) is 4.26. The number of phenols is 1. The third-order valence-electron chi connectivity index (χ3n) is 6.36. The number of rotatable bonds is 9. The normalized spacial score (nSPS) is 12.9. The van der Waals surface area contributed by atoms with Gasteiger partial charge in [0.1, 0.15) is 5.75 Å². The van der Waals surface area contributed by atoms with Crippen LogP contribution in [0.25, 0.3) is 0 Å². The van der Waals surface area contributed by atoms with Crippen LogP contribution >= 0.6 is 0 Å². The summed E-state index contributed by atoms with van der Waals surface area (Å²) in [6.45, 7) is 8.60. The van der Waals surface area contributed by atoms with Crippen molar-refractivity contribution in [3.63, 3.8) is 0 Å². The molecule has 0 saturated heterocycles. The number of aromatic hydroxyl groups is 1. The SMILES string of the molecule is CCCCCC(C)N=Cc1c(C)ccc(C(C)(c2ccccc2)c2ccccc2)c1O. The smallest absolute Gasteiger partial charge is 0.129 e. The average molecular weight is 414 g/mol. The molecule has 2 nitrogen and oxygen atoms in total. The van der Waals surface area contributed by atoms with Crippen molar-refractivity contribution >= 4 is 6.21 Å². The van der Waals surface area contributed by atoms with Crippen LogP contribution in [0, 0.1) is 6.92 Å². The molecule has 0 heterocycles. The first-order chi connectivity index (χ1) is 15.0. The van der Waals surface area contributed by atoms with E-state index in [9.17, 15) is 5.11 Å². The van der Waals surface area contributed by atoms with E-state index in [1.165, 1.54) is 19.3 Å². The Labute approximate surface area is 187 Å². The van der Waals surface area contributed by atoms with Gasteiger partial charge in [-0.05, 0) is 43.9 Å². The highest BCUT2D eigenvalue weighted by molar-refractivity contribution is 5.87. The van der Waals surface area contributed by atoms with Gasteiger partial charge in [0.2, 0.25) is 0 Å². The molecule has 2 heteroatoms. The minimum absolute atomic E-state index is 0.253. The maximum Gasteiger partial charge on any atom is 0.129 e. The van der Waals surface area contributed by atoms with Crippen LogP contribution < -0.4 is 0 Å². The van der Waals surface area contributed by atoms with E-state index in [1.807, 2.05) is 25.3 Å². The number of phenolic OH excluding ortho intramolecular Hbond substituents is 1. The summed E-state index contributed by atoms with van der Waals surface area (Å²) in [4.78, 5) is 4.77. The molecule has 1 N–H and O–H groups in total. The molecule has 0 saturated carbocycles. The van der Waals surface area contributed by atoms with Crippen LogP contribution in [-0.4, -0.2) is 17.4 Å². The van der Waals surface area contributed by atoms with E-state index in [1.54, 1.807) is 0 Å². The van der Waals surface area contributed by atoms with E-state index < -0.39 is 5.41 Å². The van der Waals surface area contributed by atoms with Crippen molar-refractivity contribution in [1.29, 1.82) is 0 Å². The van der Waals surface area contributed by atoms with Crippen molar-refractivity contribution in [2.45, 2.75) is 64.8 Å². The summed E-state index contributed by atoms with van der Waals surface area (Å²) < 4.78 is 0. The lowest BCUT2D eigenvalue weighted by Crippen LogP contribution is -2.26. The zero-order valence-corrected chi connectivity index (χ0v) is 19.3. The van der Waals surface area contributed by atoms with Gasteiger partial charge in [-0.1, -0.05) is 99.0 Å². The third-order valence-corrected chi connectivity index (χ3v) is 6.36. The lowest BCUT2D eigenvalue weighted by molar-refractivity contribution is 0.456. The molecule has 31 heavy (non-hydrogen) atoms. The molecule has 0 bridgehead atoms. The Kier molecular flexibility index (Phi) is 7.68. The van der Waals surface area contributed by atoms with Gasteiger partial charge in [-0.3, -0.25) is 4.99 Å². The van der Waals surface area contributed by atoms with Gasteiger partial charge in [-0.15, -0.1) is 0 Å². The Balaban J connectivity index is 2.07. The molecule has 0 radical (unpaired) electrons. The average Bonchev–Trinajstić information content (AvgIpc) is 2.80. The molecule has 0 aliphatic rings. The van der Waals surface area contributed by atoms with Crippen LogP contribution in [0.4, 0.5) is 0 Å². The Morgan fingerprint density at radius 3 is 2.03 bits per heavy atom. The van der Waals surface area contributed by atoms with Crippen LogP contribution in [0.2, 0.25) is 0 Å².